The third-order valence-corrected chi connectivity index (χ3v) is 17.7. The number of H-pyrrole nitrogens is 4. The summed E-state index contributed by atoms with van der Waals surface area (Å²) in [6, 6.07) is 47.1. The Labute approximate surface area is 833 Å². The number of Topliss-reactive ketones (excluding diaryl/α,β-unsaturated/α-hetero) is 1. The molecule has 0 atom stereocenters. The third kappa shape index (κ3) is 46.9. The predicted molar refractivity (Wildman–Crippen MR) is 549 cm³/mol. The van der Waals surface area contributed by atoms with E-state index in [1.165, 1.54) is 22.4 Å². The molecule has 0 aliphatic heterocycles. The number of ketones is 1. The minimum atomic E-state index is -1.27. The minimum Gasteiger partial charge on any atom is -1.00 e. The number of anilines is 3. The SMILES string of the molecule is CC.CC.CC.CC.CC.CC.CC/C(=N\O)c1c[nH]c2ccccc12.CCC(=O)Cl.CCC(=O)Nc1c[nH]c2ccccc12.CCC(=O)Nc1cn(C(CO)CO)c2ccccc12.CCC(=O)c1c[nH]c2ccccc12.CCOC(=O)C(C(=O)OCC)n1cc(NC(=O)CC)c2ccccc21.CCOC(=O)C(C)C(=O)OCC.CCOC(=O)CC(=O)OCC.[B].[H-].[Na+].c1ccc2[nH]ccc2c1. The van der Waals surface area contributed by atoms with E-state index in [0.717, 1.165) is 72.2 Å². The second-order valence-electron chi connectivity index (χ2n) is 25.8. The average Bonchev–Trinajstić information content (AvgIpc) is 1.58. The fourth-order valence-electron chi connectivity index (χ4n) is 11.3. The maximum atomic E-state index is 12.4. The Morgan fingerprint density at radius 1 is 0.390 bits per heavy atom. The van der Waals surface area contributed by atoms with Crippen molar-refractivity contribution in [1.82, 2.24) is 29.1 Å². The molecule has 0 aliphatic rings. The number of esters is 6. The molecule has 0 bridgehead atoms. The standard InChI is InChI=1S/C18H22N2O5.C14H18N2O3.2C11H12N2O.C11H11NO.C8H7N.C8H14O4.C7H12O4.C3H5ClO.6C2H6.B.Na.H/c1-4-15(21)19-13-11-20(14-10-8-7-9-12(13)14)16(17(22)24-5-2)18(23)25-6-3;1-2-14(19)15-12-7-16(10(8-17)9-18)13-6-4-3-5-11(12)13;1-2-10(13-14)9-7-12-11-6-4-3-5-8(9)11;1-2-11(14)13-10-7-12-9-6-4-3-5-8(9)10;1-2-11(13)9-7-12-10-6-4-3-5-8(9)10;1-2-4-8-7(3-1)5-6-9-8;1-4-11-7(9)6(3)8(10)12-5-2;1-3-10-6(8)5-7(9)11-4-2;1-2-3(4)5;6*1-2;;;/h7-11,16H,4-6H2,1-3H3,(H,19,21);3-7,10,17-18H,2,8-9H2,1H3,(H,15,19);3-7,12,14H,2H2,1H3;3-7,12H,2H2,1H3,(H,13,14);3-7,12H,2H2,1H3;1-6,9H;6H,4-5H2,1-3H3;3-5H2,1-2H3;2H2,1H3;6*1-2H3;;;/q;;;;;;;;;;;;;;;;+1;-1/b;;13-10+;;;;;;;;;;;;;;;. The zero-order chi connectivity index (χ0) is 102. The summed E-state index contributed by atoms with van der Waals surface area (Å²) in [5.74, 6) is -4.34. The number of oxime groups is 1. The molecule has 3 radical (unpaired) electrons. The molecule has 3 amide bonds. The molecule has 12 aromatic rings. The molecule has 136 heavy (non-hydrogen) atoms. The number of hydrogen-bond donors (Lipinski definition) is 10. The molecular weight excluding hydrogens is 1770 g/mol. The van der Waals surface area contributed by atoms with Crippen LogP contribution in [0.3, 0.4) is 0 Å². The molecule has 33 heteroatoms. The molecular formula is C103H150BClN10NaO20. The first kappa shape index (κ1) is 132. The Morgan fingerprint density at radius 2 is 0.721 bits per heavy atom. The Morgan fingerprint density at radius 3 is 1.10 bits per heavy atom. The maximum Gasteiger partial charge on any atom is 1.00 e. The van der Waals surface area contributed by atoms with Gasteiger partial charge in [0.15, 0.2) is 11.7 Å². The smallest absolute Gasteiger partial charge is 1.00 e. The van der Waals surface area contributed by atoms with E-state index >= 15 is 0 Å². The van der Waals surface area contributed by atoms with Crippen molar-refractivity contribution < 1.29 is 128 Å². The average molecular weight is 1920 g/mol. The summed E-state index contributed by atoms with van der Waals surface area (Å²) in [5.41, 5.74) is 10.4. The van der Waals surface area contributed by atoms with Crippen LogP contribution in [0.5, 0.6) is 0 Å². The van der Waals surface area contributed by atoms with Crippen LogP contribution in [0, 0.1) is 5.92 Å². The van der Waals surface area contributed by atoms with E-state index in [4.69, 9.17) is 26.3 Å². The molecule has 12 rings (SSSR count). The fourth-order valence-corrected chi connectivity index (χ4v) is 11.3. The summed E-state index contributed by atoms with van der Waals surface area (Å²) in [6.07, 6.45) is 13.4. The van der Waals surface area contributed by atoms with Crippen LogP contribution < -0.4 is 45.5 Å². The van der Waals surface area contributed by atoms with Gasteiger partial charge in [0.1, 0.15) is 6.42 Å². The number of aromatic amines is 4. The number of nitrogens with zero attached hydrogens (tertiary/aromatic N) is 3. The quantitative estimate of drug-likeness (QED) is 0.00263. The van der Waals surface area contributed by atoms with E-state index in [-0.39, 0.29) is 127 Å². The van der Waals surface area contributed by atoms with E-state index < -0.39 is 53.8 Å². The second-order valence-corrected chi connectivity index (χ2v) is 26.2. The van der Waals surface area contributed by atoms with Crippen molar-refractivity contribution in [3.8, 4) is 0 Å². The Bertz CT molecular complexity index is 5290. The van der Waals surface area contributed by atoms with Crippen LogP contribution in [0.4, 0.5) is 17.1 Å². The molecule has 6 heterocycles. The van der Waals surface area contributed by atoms with Crippen LogP contribution in [0.2, 0.25) is 0 Å². The van der Waals surface area contributed by atoms with Crippen molar-refractivity contribution in [3.05, 3.63) is 200 Å². The topological polar surface area (TPSA) is 425 Å². The molecule has 10 N–H and O–H groups in total. The van der Waals surface area contributed by atoms with Gasteiger partial charge in [-0.3, -0.25) is 43.2 Å². The van der Waals surface area contributed by atoms with Gasteiger partial charge in [-0.25, -0.2) is 9.59 Å². The van der Waals surface area contributed by atoms with Gasteiger partial charge in [-0.1, -0.05) is 239 Å². The van der Waals surface area contributed by atoms with Gasteiger partial charge >= 0.3 is 65.4 Å². The molecule has 0 spiro atoms. The number of carbonyl (C=O) groups excluding carboxylic acids is 11. The first-order valence-electron chi connectivity index (χ1n) is 46.2. The van der Waals surface area contributed by atoms with E-state index in [1.807, 2.05) is 244 Å². The Hall–Kier alpha value is -12.1. The predicted octanol–water partition coefficient (Wildman–Crippen LogP) is 19.7. The van der Waals surface area contributed by atoms with Gasteiger partial charge in [0.05, 0.1) is 92.7 Å². The van der Waals surface area contributed by atoms with E-state index in [0.29, 0.717) is 54.7 Å². The number of ether oxygens (including phenoxy) is 6. The minimum absolute atomic E-state index is 0. The third-order valence-electron chi connectivity index (χ3n) is 17.5. The van der Waals surface area contributed by atoms with Gasteiger partial charge in [-0.05, 0) is 114 Å². The van der Waals surface area contributed by atoms with E-state index in [2.05, 4.69) is 78.2 Å². The van der Waals surface area contributed by atoms with Crippen LogP contribution in [-0.2, 0) is 76.4 Å². The summed E-state index contributed by atoms with van der Waals surface area (Å²) in [4.78, 5) is 136. The summed E-state index contributed by atoms with van der Waals surface area (Å²) >= 11 is 4.82. The number of amides is 3. The maximum absolute atomic E-state index is 12.4. The molecule has 30 nitrogen and oxygen atoms in total. The van der Waals surface area contributed by atoms with Gasteiger partial charge in [0.25, 0.3) is 0 Å². The van der Waals surface area contributed by atoms with Crippen molar-refractivity contribution in [2.75, 3.05) is 68.8 Å². The van der Waals surface area contributed by atoms with Crippen LogP contribution in [0.25, 0.3) is 65.4 Å². The molecule has 6 aromatic carbocycles. The summed E-state index contributed by atoms with van der Waals surface area (Å²) in [6.45, 7) is 47.6. The number of aliphatic hydroxyl groups is 2. The summed E-state index contributed by atoms with van der Waals surface area (Å²) in [7, 11) is 0. The fraction of sp³-hybridized carbons (Fsp3) is 0.417. The van der Waals surface area contributed by atoms with Gasteiger partial charge < -0.3 is 90.3 Å². The van der Waals surface area contributed by atoms with Crippen molar-refractivity contribution in [2.45, 2.75) is 230 Å². The van der Waals surface area contributed by atoms with Crippen LogP contribution in [-0.4, -0.2) is 176 Å². The summed E-state index contributed by atoms with van der Waals surface area (Å²) in [5, 5.41) is 45.0. The number of rotatable bonds is 27. The van der Waals surface area contributed by atoms with Crippen molar-refractivity contribution >= 4 is 173 Å². The molecule has 0 saturated heterocycles. The Kier molecular flexibility index (Phi) is 79.1. The number of carbonyl (C=O) groups is 11. The number of benzene rings is 6. The number of aliphatic hydroxyl groups excluding tert-OH is 2. The molecule has 0 unspecified atom stereocenters. The van der Waals surface area contributed by atoms with Crippen LogP contribution >= 0.6 is 11.6 Å². The van der Waals surface area contributed by atoms with E-state index in [1.54, 1.807) is 97.6 Å². The van der Waals surface area contributed by atoms with Crippen LogP contribution in [0.1, 0.15) is 247 Å². The molecule has 0 saturated carbocycles. The number of halogens is 1. The number of fused-ring (bicyclic) bond motifs is 6. The number of para-hydroxylation sites is 6. The van der Waals surface area contributed by atoms with E-state index in [9.17, 15) is 63.0 Å². The zero-order valence-electron chi connectivity index (χ0n) is 85.8. The van der Waals surface area contributed by atoms with Gasteiger partial charge in [-0.2, -0.15) is 0 Å². The molecule has 0 aliphatic carbocycles. The zero-order valence-corrected chi connectivity index (χ0v) is 87.6. The summed E-state index contributed by atoms with van der Waals surface area (Å²) < 4.78 is 31.7. The first-order chi connectivity index (χ1) is 64.8. The number of nitrogens with one attached hydrogen (secondary N) is 7. The van der Waals surface area contributed by atoms with Crippen molar-refractivity contribution in [1.29, 1.82) is 0 Å². The Balaban J connectivity index is -0.000000353. The van der Waals surface area contributed by atoms with Gasteiger partial charge in [0, 0.05) is 138 Å². The first-order valence-corrected chi connectivity index (χ1v) is 46.6. The molecule has 743 valence electrons. The number of hydrogen-bond acceptors (Lipinski definition) is 21. The second kappa shape index (κ2) is 81.3. The largest absolute Gasteiger partial charge is 1.00 e. The molecule has 0 fully saturated rings. The van der Waals surface area contributed by atoms with Gasteiger partial charge in [-0.15, -0.1) is 0 Å². The van der Waals surface area contributed by atoms with Crippen LogP contribution in [0.15, 0.2) is 194 Å². The van der Waals surface area contributed by atoms with Crippen molar-refractivity contribution in [2.24, 2.45) is 11.1 Å². The number of aromatic nitrogens is 6. The normalized spacial score (nSPS) is 9.65. The monoisotopic (exact) mass is 1920 g/mol. The molecule has 6 aromatic heterocycles. The van der Waals surface area contributed by atoms with Crippen molar-refractivity contribution in [3.63, 3.8) is 0 Å². The van der Waals surface area contributed by atoms with Gasteiger partial charge in [0.2, 0.25) is 29.0 Å².